The number of rotatable bonds is 5. The van der Waals surface area contributed by atoms with E-state index in [4.69, 9.17) is 9.47 Å². The number of hydrogen-bond acceptors (Lipinski definition) is 8. The van der Waals surface area contributed by atoms with Gasteiger partial charge in [0.15, 0.2) is 11.5 Å². The summed E-state index contributed by atoms with van der Waals surface area (Å²) in [5.74, 6) is -0.494. The van der Waals surface area contributed by atoms with E-state index in [2.05, 4.69) is 25.9 Å². The predicted octanol–water partition coefficient (Wildman–Crippen LogP) is 2.73. The van der Waals surface area contributed by atoms with E-state index < -0.39 is 23.4 Å². The maximum Gasteiger partial charge on any atom is 0.254 e. The van der Waals surface area contributed by atoms with Gasteiger partial charge in [-0.15, -0.1) is 0 Å². The van der Waals surface area contributed by atoms with Crippen LogP contribution in [-0.4, -0.2) is 77.4 Å². The molecule has 0 radical (unpaired) electrons. The first-order valence-electron chi connectivity index (χ1n) is 14.9. The molecule has 0 unspecified atom stereocenters. The molecule has 1 atom stereocenters. The molecule has 1 aliphatic carbocycles. The molecule has 5 rings (SSSR count). The Morgan fingerprint density at radius 1 is 1.02 bits per heavy atom. The molecule has 2 aliphatic rings. The molecule has 2 aromatic heterocycles. The van der Waals surface area contributed by atoms with Crippen molar-refractivity contribution in [3.63, 3.8) is 0 Å². The molecular weight excluding hydrogens is 576 g/mol. The van der Waals surface area contributed by atoms with Gasteiger partial charge in [-0.3, -0.25) is 29.1 Å². The van der Waals surface area contributed by atoms with Gasteiger partial charge in [0.05, 0.1) is 19.8 Å². The highest BCUT2D eigenvalue weighted by Gasteiger charge is 2.52. The summed E-state index contributed by atoms with van der Waals surface area (Å²) in [6, 6.07) is 7.79. The van der Waals surface area contributed by atoms with Crippen molar-refractivity contribution in [3.8, 4) is 22.6 Å². The normalized spacial score (nSPS) is 18.3. The lowest BCUT2D eigenvalue weighted by atomic mass is 10.00. The summed E-state index contributed by atoms with van der Waals surface area (Å²) >= 11 is 0. The van der Waals surface area contributed by atoms with Crippen molar-refractivity contribution in [3.05, 3.63) is 71.8 Å². The summed E-state index contributed by atoms with van der Waals surface area (Å²) in [6.07, 6.45) is 7.45. The van der Waals surface area contributed by atoms with Crippen molar-refractivity contribution in [2.24, 2.45) is 5.92 Å². The lowest BCUT2D eigenvalue weighted by molar-refractivity contribution is -0.130. The zero-order valence-corrected chi connectivity index (χ0v) is 25.9. The molecule has 0 saturated heterocycles. The number of amides is 4. The Balaban J connectivity index is 1.58. The minimum absolute atomic E-state index is 0.112. The second-order valence-corrected chi connectivity index (χ2v) is 11.8. The highest BCUT2D eigenvalue weighted by Crippen LogP contribution is 2.40. The van der Waals surface area contributed by atoms with Crippen LogP contribution in [0.4, 0.5) is 0 Å². The maximum atomic E-state index is 13.7. The second kappa shape index (κ2) is 13.3. The molecule has 1 saturated carbocycles. The number of pyridine rings is 2. The van der Waals surface area contributed by atoms with Gasteiger partial charge in [0.25, 0.3) is 11.8 Å². The molecule has 1 spiro atoms. The molecule has 1 aliphatic heterocycles. The lowest BCUT2D eigenvalue weighted by Crippen LogP contribution is -2.56. The van der Waals surface area contributed by atoms with Crippen LogP contribution in [0.25, 0.3) is 11.1 Å². The van der Waals surface area contributed by atoms with Gasteiger partial charge >= 0.3 is 0 Å². The third-order valence-electron chi connectivity index (χ3n) is 7.99. The maximum absolute atomic E-state index is 13.7. The van der Waals surface area contributed by atoms with Crippen LogP contribution >= 0.6 is 0 Å². The summed E-state index contributed by atoms with van der Waals surface area (Å²) in [6.45, 7) is 4.44. The Bertz CT molecular complexity index is 1590. The fourth-order valence-electron chi connectivity index (χ4n) is 5.45. The van der Waals surface area contributed by atoms with Crippen LogP contribution in [0, 0.1) is 5.92 Å². The molecule has 3 heterocycles. The van der Waals surface area contributed by atoms with Crippen LogP contribution < -0.4 is 25.4 Å². The largest absolute Gasteiger partial charge is 0.493 e. The van der Waals surface area contributed by atoms with Crippen LogP contribution in [-0.2, 0) is 16.1 Å². The SMILES string of the molecule is COc1cc2cc(c1OC)-c1cncc(c1)C(=O)NC1(CC1)C(=O)N[C@H](CC(C)C)C(=O)NCCN(C(=O)c1ccncc1)C2. The van der Waals surface area contributed by atoms with Crippen molar-refractivity contribution in [1.82, 2.24) is 30.8 Å². The molecule has 12 heteroatoms. The Labute approximate surface area is 261 Å². The third-order valence-corrected chi connectivity index (χ3v) is 7.99. The summed E-state index contributed by atoms with van der Waals surface area (Å²) < 4.78 is 11.4. The minimum Gasteiger partial charge on any atom is -0.493 e. The van der Waals surface area contributed by atoms with E-state index >= 15 is 0 Å². The molecule has 3 aromatic rings. The minimum atomic E-state index is -1.11. The quantitative estimate of drug-likeness (QED) is 0.397. The van der Waals surface area contributed by atoms with Crippen LogP contribution in [0.5, 0.6) is 11.5 Å². The van der Waals surface area contributed by atoms with Gasteiger partial charge in [0.1, 0.15) is 11.6 Å². The van der Waals surface area contributed by atoms with E-state index in [1.807, 2.05) is 19.9 Å². The van der Waals surface area contributed by atoms with Gasteiger partial charge in [0.2, 0.25) is 11.8 Å². The fourth-order valence-corrected chi connectivity index (χ4v) is 5.45. The molecule has 236 valence electrons. The Morgan fingerprint density at radius 2 is 1.76 bits per heavy atom. The first-order valence-corrected chi connectivity index (χ1v) is 14.9. The van der Waals surface area contributed by atoms with Gasteiger partial charge < -0.3 is 30.3 Å². The van der Waals surface area contributed by atoms with E-state index in [0.717, 1.165) is 5.56 Å². The Morgan fingerprint density at radius 3 is 2.42 bits per heavy atom. The van der Waals surface area contributed by atoms with E-state index in [-0.39, 0.29) is 42.9 Å². The molecular formula is C33H38N6O6. The second-order valence-electron chi connectivity index (χ2n) is 11.8. The lowest BCUT2D eigenvalue weighted by Gasteiger charge is -2.26. The molecule has 1 aromatic carbocycles. The number of hydrogen-bond donors (Lipinski definition) is 3. The van der Waals surface area contributed by atoms with E-state index in [9.17, 15) is 19.2 Å². The molecule has 45 heavy (non-hydrogen) atoms. The van der Waals surface area contributed by atoms with Gasteiger partial charge in [-0.05, 0) is 61.1 Å². The monoisotopic (exact) mass is 614 g/mol. The number of methoxy groups -OCH3 is 2. The summed E-state index contributed by atoms with van der Waals surface area (Å²) in [5, 5.41) is 8.67. The fraction of sp³-hybridized carbons (Fsp3) is 0.394. The average Bonchev–Trinajstić information content (AvgIpc) is 3.83. The summed E-state index contributed by atoms with van der Waals surface area (Å²) in [5.41, 5.74) is 1.52. The molecule has 4 amide bonds. The van der Waals surface area contributed by atoms with Gasteiger partial charge in [0, 0.05) is 61.1 Å². The molecule has 1 fully saturated rings. The number of ether oxygens (including phenoxy) is 2. The van der Waals surface area contributed by atoms with E-state index in [0.29, 0.717) is 47.5 Å². The number of carbonyl (C=O) groups excluding carboxylic acids is 4. The standard InChI is InChI=1S/C33H38N6O6/c1-20(2)13-26-30(41)36-11-12-39(31(42)22-5-9-34-10-6-22)19-21-14-25(28(45-4)27(15-21)44-3)23-16-24(18-35-17-23)29(40)38-33(7-8-33)32(43)37-26/h5-6,9-10,14-18,20,26H,7-8,11-13,19H2,1-4H3,(H,36,41)(H,37,43)(H,38,40)/t26-/m1/s1. The van der Waals surface area contributed by atoms with Crippen LogP contribution in [0.15, 0.2) is 55.1 Å². The molecule has 12 nitrogen and oxygen atoms in total. The Hall–Kier alpha value is -5.00. The molecule has 4 bridgehead atoms. The Kier molecular flexibility index (Phi) is 9.31. The number of benzene rings is 1. The third kappa shape index (κ3) is 7.05. The van der Waals surface area contributed by atoms with E-state index in [1.54, 1.807) is 47.8 Å². The number of nitrogens with one attached hydrogen (secondary N) is 3. The van der Waals surface area contributed by atoms with Crippen molar-refractivity contribution in [2.45, 2.75) is 51.2 Å². The predicted molar refractivity (Wildman–Crippen MR) is 166 cm³/mol. The summed E-state index contributed by atoms with van der Waals surface area (Å²) in [4.78, 5) is 63.9. The average molecular weight is 615 g/mol. The number of aromatic nitrogens is 2. The van der Waals surface area contributed by atoms with Crippen molar-refractivity contribution in [2.75, 3.05) is 27.3 Å². The number of fused-ring (bicyclic) bond motifs is 5. The highest BCUT2D eigenvalue weighted by atomic mass is 16.5. The van der Waals surface area contributed by atoms with Gasteiger partial charge in [-0.2, -0.15) is 0 Å². The summed E-state index contributed by atoms with van der Waals surface area (Å²) in [7, 11) is 3.04. The number of carbonyl (C=O) groups is 4. The first kappa shape index (κ1) is 31.4. The highest BCUT2D eigenvalue weighted by molar-refractivity contribution is 6.02. The van der Waals surface area contributed by atoms with Crippen molar-refractivity contribution >= 4 is 23.6 Å². The van der Waals surface area contributed by atoms with Crippen molar-refractivity contribution < 1.29 is 28.7 Å². The first-order chi connectivity index (χ1) is 21.6. The smallest absolute Gasteiger partial charge is 0.254 e. The zero-order chi connectivity index (χ0) is 32.1. The van der Waals surface area contributed by atoms with Crippen LogP contribution in [0.2, 0.25) is 0 Å². The van der Waals surface area contributed by atoms with Crippen molar-refractivity contribution in [1.29, 1.82) is 0 Å². The van der Waals surface area contributed by atoms with Gasteiger partial charge in [-0.25, -0.2) is 0 Å². The van der Waals surface area contributed by atoms with Gasteiger partial charge in [-0.1, -0.05) is 13.8 Å². The molecule has 3 N–H and O–H groups in total. The zero-order valence-electron chi connectivity index (χ0n) is 25.9. The van der Waals surface area contributed by atoms with Crippen LogP contribution in [0.1, 0.15) is 59.4 Å². The topological polar surface area (TPSA) is 152 Å². The number of nitrogens with zero attached hydrogens (tertiary/aromatic N) is 3. The van der Waals surface area contributed by atoms with E-state index in [1.165, 1.54) is 20.4 Å². The van der Waals surface area contributed by atoms with Crippen LogP contribution in [0.3, 0.4) is 0 Å².